The predicted molar refractivity (Wildman–Crippen MR) is 283 cm³/mol. The van der Waals surface area contributed by atoms with Crippen LogP contribution in [0.5, 0.6) is 0 Å². The van der Waals surface area contributed by atoms with E-state index in [9.17, 15) is 0 Å². The maximum absolute atomic E-state index is 5.56. The zero-order valence-corrected chi connectivity index (χ0v) is 37.7. The molecule has 0 saturated heterocycles. The molecule has 1 aliphatic carbocycles. The van der Waals surface area contributed by atoms with E-state index < -0.39 is 5.41 Å². The van der Waals surface area contributed by atoms with Crippen LogP contribution in [0.15, 0.2) is 249 Å². The molecule has 10 aromatic carbocycles. The summed E-state index contributed by atoms with van der Waals surface area (Å²) in [5.41, 5.74) is 16.2. The van der Waals surface area contributed by atoms with Crippen LogP contribution in [0.25, 0.3) is 98.8 Å². The smallest absolute Gasteiger partial charge is 0.165 e. The number of benzene rings is 10. The topological polar surface area (TPSA) is 38.7 Å². The molecule has 2 aromatic heterocycles. The van der Waals surface area contributed by atoms with Gasteiger partial charge in [0.25, 0.3) is 0 Å². The van der Waals surface area contributed by atoms with Crippen molar-refractivity contribution >= 4 is 31.5 Å². The predicted octanol–water partition coefficient (Wildman–Crippen LogP) is 16.6. The number of rotatable bonds is 8. The molecule has 0 radical (unpaired) electrons. The molecular formula is C64H41N3S. The number of hydrogen-bond donors (Lipinski definition) is 0. The number of aromatic nitrogens is 3. The maximum atomic E-state index is 5.56. The lowest BCUT2D eigenvalue weighted by molar-refractivity contribution is 0.769. The Morgan fingerprint density at radius 3 is 1.46 bits per heavy atom. The highest BCUT2D eigenvalue weighted by atomic mass is 32.1. The van der Waals surface area contributed by atoms with Crippen LogP contribution in [0.3, 0.4) is 0 Å². The molecule has 1 aliphatic rings. The van der Waals surface area contributed by atoms with Crippen molar-refractivity contribution in [3.63, 3.8) is 0 Å². The van der Waals surface area contributed by atoms with Gasteiger partial charge in [-0.15, -0.1) is 11.3 Å². The molecule has 0 spiro atoms. The van der Waals surface area contributed by atoms with Crippen molar-refractivity contribution in [1.82, 2.24) is 15.0 Å². The van der Waals surface area contributed by atoms with Crippen molar-refractivity contribution in [3.05, 3.63) is 271 Å². The molecule has 0 aliphatic heterocycles. The van der Waals surface area contributed by atoms with Gasteiger partial charge in [0.2, 0.25) is 0 Å². The van der Waals surface area contributed by atoms with E-state index in [1.54, 1.807) is 11.3 Å². The van der Waals surface area contributed by atoms with Gasteiger partial charge in [0.1, 0.15) is 0 Å². The summed E-state index contributed by atoms with van der Waals surface area (Å²) in [5.74, 6) is 1.90. The summed E-state index contributed by atoms with van der Waals surface area (Å²) < 4.78 is 2.39. The monoisotopic (exact) mass is 883 g/mol. The third-order valence-electron chi connectivity index (χ3n) is 13.7. The van der Waals surface area contributed by atoms with Crippen LogP contribution in [0.2, 0.25) is 0 Å². The number of hydrogen-bond acceptors (Lipinski definition) is 4. The molecular weight excluding hydrogens is 843 g/mol. The van der Waals surface area contributed by atoms with E-state index in [2.05, 4.69) is 249 Å². The van der Waals surface area contributed by atoms with Crippen molar-refractivity contribution in [2.24, 2.45) is 0 Å². The summed E-state index contributed by atoms with van der Waals surface area (Å²) in [4.78, 5) is 16.6. The summed E-state index contributed by atoms with van der Waals surface area (Å²) in [5, 5.41) is 2.43. The second-order valence-electron chi connectivity index (χ2n) is 17.4. The summed E-state index contributed by atoms with van der Waals surface area (Å²) >= 11 is 1.79. The average molecular weight is 884 g/mol. The third-order valence-corrected chi connectivity index (χ3v) is 14.9. The second-order valence-corrected chi connectivity index (χ2v) is 18.5. The Morgan fingerprint density at radius 1 is 0.294 bits per heavy atom. The Kier molecular flexibility index (Phi) is 9.59. The molecule has 0 saturated carbocycles. The van der Waals surface area contributed by atoms with E-state index in [4.69, 9.17) is 15.0 Å². The molecule has 0 atom stereocenters. The molecule has 0 fully saturated rings. The number of fused-ring (bicyclic) bond motifs is 6. The van der Waals surface area contributed by atoms with Crippen LogP contribution >= 0.6 is 11.3 Å². The quantitative estimate of drug-likeness (QED) is 0.153. The molecule has 4 heteroatoms. The molecule has 13 rings (SSSR count). The molecule has 318 valence electrons. The lowest BCUT2D eigenvalue weighted by Gasteiger charge is -2.34. The summed E-state index contributed by atoms with van der Waals surface area (Å²) in [6, 6.07) is 89.4. The third kappa shape index (κ3) is 6.45. The summed E-state index contributed by atoms with van der Waals surface area (Å²) in [6.45, 7) is 0. The number of nitrogens with zero attached hydrogens (tertiary/aromatic N) is 3. The van der Waals surface area contributed by atoms with E-state index in [1.807, 2.05) is 0 Å². The second kappa shape index (κ2) is 16.4. The first-order chi connectivity index (χ1) is 33.7. The zero-order chi connectivity index (χ0) is 45.0. The molecule has 0 unspecified atom stereocenters. The van der Waals surface area contributed by atoms with Gasteiger partial charge in [-0.1, -0.05) is 231 Å². The Balaban J connectivity index is 1.08. The Labute approximate surface area is 399 Å². The van der Waals surface area contributed by atoms with E-state index in [-0.39, 0.29) is 0 Å². The van der Waals surface area contributed by atoms with Crippen molar-refractivity contribution < 1.29 is 0 Å². The molecule has 0 amide bonds. The summed E-state index contributed by atoms with van der Waals surface area (Å²) in [7, 11) is 0. The molecule has 2 heterocycles. The van der Waals surface area contributed by atoms with E-state index in [0.717, 1.165) is 43.6 Å². The van der Waals surface area contributed by atoms with Crippen LogP contribution in [0, 0.1) is 0 Å². The Bertz CT molecular complexity index is 3790. The minimum Gasteiger partial charge on any atom is -0.208 e. The van der Waals surface area contributed by atoms with Crippen LogP contribution in [-0.2, 0) is 5.41 Å². The van der Waals surface area contributed by atoms with Gasteiger partial charge in [0.15, 0.2) is 17.5 Å². The van der Waals surface area contributed by atoms with E-state index in [0.29, 0.717) is 17.5 Å². The largest absolute Gasteiger partial charge is 0.208 e. The zero-order valence-electron chi connectivity index (χ0n) is 36.9. The molecule has 0 N–H and O–H groups in total. The lowest BCUT2D eigenvalue weighted by atomic mass is 9.67. The van der Waals surface area contributed by atoms with Gasteiger partial charge in [0.05, 0.1) is 5.41 Å². The minimum absolute atomic E-state index is 0.624. The Hall–Kier alpha value is -8.57. The highest BCUT2D eigenvalue weighted by molar-refractivity contribution is 7.26. The average Bonchev–Trinajstić information content (AvgIpc) is 3.96. The fourth-order valence-corrected chi connectivity index (χ4v) is 11.8. The fourth-order valence-electron chi connectivity index (χ4n) is 10.6. The van der Waals surface area contributed by atoms with Gasteiger partial charge in [-0.25, -0.2) is 15.0 Å². The number of thiophene rings is 1. The lowest BCUT2D eigenvalue weighted by Crippen LogP contribution is -2.28. The van der Waals surface area contributed by atoms with Gasteiger partial charge in [-0.2, -0.15) is 0 Å². The van der Waals surface area contributed by atoms with E-state index >= 15 is 0 Å². The van der Waals surface area contributed by atoms with Crippen molar-refractivity contribution in [1.29, 1.82) is 0 Å². The maximum Gasteiger partial charge on any atom is 0.165 e. The molecule has 68 heavy (non-hydrogen) atoms. The normalized spacial score (nSPS) is 12.5. The van der Waals surface area contributed by atoms with Crippen molar-refractivity contribution in [2.45, 2.75) is 5.41 Å². The van der Waals surface area contributed by atoms with Crippen molar-refractivity contribution in [2.75, 3.05) is 0 Å². The van der Waals surface area contributed by atoms with Gasteiger partial charge < -0.3 is 0 Å². The first kappa shape index (κ1) is 39.8. The van der Waals surface area contributed by atoms with Crippen LogP contribution in [0.1, 0.15) is 22.3 Å². The molecule has 0 bridgehead atoms. The standard InChI is InChI=1S/C64H41N3S/c1-5-19-42(20-6-1)44-35-37-45(38-36-44)49-27-13-14-29-52(49)61-65-62(67-63(66-61)55-32-17-30-51-50-28-15-16-34-58(50)68-60(51)55)54-31-18-33-56-59(54)53-40-39-46(43-21-7-2-8-22-43)41-57(53)64(56,47-23-9-3-10-24-47)48-25-11-4-12-26-48/h1-41H. The van der Waals surface area contributed by atoms with Gasteiger partial charge in [0, 0.05) is 36.9 Å². The van der Waals surface area contributed by atoms with E-state index in [1.165, 1.54) is 60.0 Å². The highest BCUT2D eigenvalue weighted by Crippen LogP contribution is 2.59. The molecule has 12 aromatic rings. The first-order valence-corrected chi connectivity index (χ1v) is 23.9. The van der Waals surface area contributed by atoms with Crippen LogP contribution < -0.4 is 0 Å². The summed E-state index contributed by atoms with van der Waals surface area (Å²) in [6.07, 6.45) is 0. The fraction of sp³-hybridized carbons (Fsp3) is 0.0156. The van der Waals surface area contributed by atoms with Crippen molar-refractivity contribution in [3.8, 4) is 78.7 Å². The SMILES string of the molecule is c1ccc(-c2ccc(-c3ccccc3-c3nc(-c4cccc5c4-c4ccc(-c6ccccc6)cc4C5(c4ccccc4)c4ccccc4)nc(-c4cccc5c4sc4ccccc45)n3)cc2)cc1. The van der Waals surface area contributed by atoms with Gasteiger partial charge in [-0.3, -0.25) is 0 Å². The minimum atomic E-state index is -0.631. The first-order valence-electron chi connectivity index (χ1n) is 23.1. The van der Waals surface area contributed by atoms with Crippen LogP contribution in [0.4, 0.5) is 0 Å². The molecule has 3 nitrogen and oxygen atoms in total. The van der Waals surface area contributed by atoms with Gasteiger partial charge in [-0.05, 0) is 85.0 Å². The Morgan fingerprint density at radius 2 is 0.765 bits per heavy atom. The van der Waals surface area contributed by atoms with Crippen LogP contribution in [-0.4, -0.2) is 15.0 Å². The highest BCUT2D eigenvalue weighted by Gasteiger charge is 2.47. The van der Waals surface area contributed by atoms with Gasteiger partial charge >= 0.3 is 0 Å².